The molecule has 11 nitrogen and oxygen atoms in total. The highest BCUT2D eigenvalue weighted by atomic mass is 35.5. The number of anilines is 1. The molecule has 0 aliphatic rings. The fourth-order valence-corrected chi connectivity index (χ4v) is 4.11. The molecule has 0 atom stereocenters. The molecule has 42 heavy (non-hydrogen) atoms. The normalized spacial score (nSPS) is 10.6. The molecule has 0 saturated carbocycles. The number of nitrogens with zero attached hydrogens (tertiary/aromatic N) is 1. The molecule has 0 aliphatic carbocycles. The maximum absolute atomic E-state index is 12.4. The van der Waals surface area contributed by atoms with Gasteiger partial charge in [0.1, 0.15) is 0 Å². The number of methoxy groups -OCH3 is 3. The second-order valence-electron chi connectivity index (χ2n) is 8.72. The Kier molecular flexibility index (Phi) is 11.8. The van der Waals surface area contributed by atoms with E-state index in [-0.39, 0.29) is 29.7 Å². The Balaban J connectivity index is 1.51. The van der Waals surface area contributed by atoms with Crippen LogP contribution in [0.2, 0.25) is 10.0 Å². The molecule has 0 heterocycles. The van der Waals surface area contributed by atoms with E-state index in [0.717, 1.165) is 11.1 Å². The number of nitrogens with one attached hydrogen (secondary N) is 3. The summed E-state index contributed by atoms with van der Waals surface area (Å²) in [5, 5.41) is 9.70. The van der Waals surface area contributed by atoms with Crippen LogP contribution in [0.3, 0.4) is 0 Å². The van der Waals surface area contributed by atoms with Gasteiger partial charge in [-0.25, -0.2) is 5.43 Å². The predicted octanol–water partition coefficient (Wildman–Crippen LogP) is 4.15. The quantitative estimate of drug-likeness (QED) is 0.158. The molecule has 3 amide bonds. The van der Waals surface area contributed by atoms with Gasteiger partial charge in [0.25, 0.3) is 5.91 Å². The number of amides is 3. The Hall–Kier alpha value is -4.48. The number of aryl methyl sites for hydroxylation is 1. The summed E-state index contributed by atoms with van der Waals surface area (Å²) in [5.74, 6) is -0.679. The number of hydrogen-bond acceptors (Lipinski definition) is 8. The molecule has 3 aromatic rings. The molecule has 13 heteroatoms. The lowest BCUT2D eigenvalue weighted by Crippen LogP contribution is -2.38. The molecule has 3 rings (SSSR count). The summed E-state index contributed by atoms with van der Waals surface area (Å²) in [6.45, 7) is 1.72. The van der Waals surface area contributed by atoms with Crippen LogP contribution in [0, 0.1) is 6.92 Å². The third-order valence-electron chi connectivity index (χ3n) is 5.81. The van der Waals surface area contributed by atoms with E-state index in [9.17, 15) is 14.4 Å². The van der Waals surface area contributed by atoms with Crippen LogP contribution in [0.15, 0.2) is 53.6 Å². The van der Waals surface area contributed by atoms with Gasteiger partial charge in [0, 0.05) is 17.3 Å². The van der Waals surface area contributed by atoms with Gasteiger partial charge in [0.05, 0.1) is 32.6 Å². The van der Waals surface area contributed by atoms with Crippen molar-refractivity contribution in [1.82, 2.24) is 10.7 Å². The van der Waals surface area contributed by atoms with Crippen molar-refractivity contribution in [2.24, 2.45) is 5.10 Å². The summed E-state index contributed by atoms with van der Waals surface area (Å²) >= 11 is 12.4. The molecular formula is C29H30Cl2N4O7. The van der Waals surface area contributed by atoms with Crippen molar-refractivity contribution in [2.75, 3.05) is 39.8 Å². The molecule has 0 saturated heterocycles. The molecular weight excluding hydrogens is 587 g/mol. The van der Waals surface area contributed by atoms with E-state index in [1.165, 1.54) is 26.5 Å². The van der Waals surface area contributed by atoms with Crippen molar-refractivity contribution >= 4 is 52.8 Å². The number of carbonyl (C=O) groups is 3. The van der Waals surface area contributed by atoms with Crippen LogP contribution in [0.1, 0.15) is 16.7 Å². The van der Waals surface area contributed by atoms with Crippen molar-refractivity contribution in [3.63, 3.8) is 0 Å². The summed E-state index contributed by atoms with van der Waals surface area (Å²) in [4.78, 5) is 36.7. The van der Waals surface area contributed by atoms with Crippen LogP contribution in [-0.2, 0) is 20.8 Å². The maximum atomic E-state index is 12.4. The Bertz CT molecular complexity index is 1480. The Morgan fingerprint density at radius 1 is 0.881 bits per heavy atom. The SMILES string of the molecule is COc1ccc(CCNC(=O)C(=O)N/N=C\c2cc(Cl)c(OCC(=O)Nc3cc(Cl)ccc3C)c(OC)c2)cc1OC. The van der Waals surface area contributed by atoms with Crippen molar-refractivity contribution in [3.05, 3.63) is 75.3 Å². The van der Waals surface area contributed by atoms with Crippen LogP contribution >= 0.6 is 23.2 Å². The van der Waals surface area contributed by atoms with Crippen LogP contribution in [-0.4, -0.2) is 58.4 Å². The number of halogens is 2. The first kappa shape index (κ1) is 32.0. The number of rotatable bonds is 12. The van der Waals surface area contributed by atoms with E-state index < -0.39 is 17.7 Å². The summed E-state index contributed by atoms with van der Waals surface area (Å²) in [5.41, 5.74) is 4.90. The standard InChI is InChI=1S/C29H30Cl2N4O7/c1-17-5-7-20(30)14-22(17)34-26(36)16-42-27-21(31)11-19(13-25(27)41-4)15-33-35-29(38)28(37)32-10-9-18-6-8-23(39-2)24(12-18)40-3/h5-8,11-15H,9-10,16H2,1-4H3,(H,32,37)(H,34,36)(H,35,38)/b33-15-. The number of hydrazone groups is 1. The summed E-state index contributed by atoms with van der Waals surface area (Å²) in [7, 11) is 4.48. The third-order valence-corrected chi connectivity index (χ3v) is 6.32. The predicted molar refractivity (Wildman–Crippen MR) is 160 cm³/mol. The average Bonchev–Trinajstić information content (AvgIpc) is 2.97. The molecule has 0 bridgehead atoms. The minimum absolute atomic E-state index is 0.141. The largest absolute Gasteiger partial charge is 0.493 e. The molecule has 0 unspecified atom stereocenters. The highest BCUT2D eigenvalue weighted by molar-refractivity contribution is 6.35. The van der Waals surface area contributed by atoms with Crippen LogP contribution in [0.25, 0.3) is 0 Å². The summed E-state index contributed by atoms with van der Waals surface area (Å²) in [6.07, 6.45) is 1.75. The van der Waals surface area contributed by atoms with Gasteiger partial charge >= 0.3 is 11.8 Å². The molecule has 3 N–H and O–H groups in total. The van der Waals surface area contributed by atoms with Crippen molar-refractivity contribution < 1.29 is 33.3 Å². The number of benzene rings is 3. The number of carbonyl (C=O) groups excluding carboxylic acids is 3. The fraction of sp³-hybridized carbons (Fsp3) is 0.241. The maximum Gasteiger partial charge on any atom is 0.329 e. The first-order chi connectivity index (χ1) is 20.1. The zero-order valence-corrected chi connectivity index (χ0v) is 24.9. The first-order valence-corrected chi connectivity index (χ1v) is 13.3. The molecule has 0 spiro atoms. The van der Waals surface area contributed by atoms with Crippen LogP contribution < -0.4 is 35.0 Å². The molecule has 0 fully saturated rings. The van der Waals surface area contributed by atoms with Gasteiger partial charge < -0.3 is 29.6 Å². The van der Waals surface area contributed by atoms with Crippen molar-refractivity contribution in [1.29, 1.82) is 0 Å². The summed E-state index contributed by atoms with van der Waals surface area (Å²) in [6, 6.07) is 13.6. The Morgan fingerprint density at radius 2 is 1.62 bits per heavy atom. The zero-order valence-electron chi connectivity index (χ0n) is 23.4. The monoisotopic (exact) mass is 616 g/mol. The fourth-order valence-electron chi connectivity index (χ4n) is 3.66. The van der Waals surface area contributed by atoms with Crippen LogP contribution in [0.5, 0.6) is 23.0 Å². The molecule has 0 radical (unpaired) electrons. The summed E-state index contributed by atoms with van der Waals surface area (Å²) < 4.78 is 21.4. The average molecular weight is 617 g/mol. The second kappa shape index (κ2) is 15.5. The highest BCUT2D eigenvalue weighted by Crippen LogP contribution is 2.36. The number of hydrogen-bond donors (Lipinski definition) is 3. The minimum Gasteiger partial charge on any atom is -0.493 e. The highest BCUT2D eigenvalue weighted by Gasteiger charge is 2.15. The van der Waals surface area contributed by atoms with Gasteiger partial charge in [0.2, 0.25) is 0 Å². The lowest BCUT2D eigenvalue weighted by molar-refractivity contribution is -0.139. The third kappa shape index (κ3) is 9.02. The van der Waals surface area contributed by atoms with E-state index in [2.05, 4.69) is 21.2 Å². The molecule has 0 aliphatic heterocycles. The van der Waals surface area contributed by atoms with E-state index in [0.29, 0.717) is 34.2 Å². The Morgan fingerprint density at radius 3 is 2.33 bits per heavy atom. The molecule has 0 aromatic heterocycles. The first-order valence-electron chi connectivity index (χ1n) is 12.5. The van der Waals surface area contributed by atoms with Crippen molar-refractivity contribution in [3.8, 4) is 23.0 Å². The lowest BCUT2D eigenvalue weighted by atomic mass is 10.1. The van der Waals surface area contributed by atoms with Gasteiger partial charge in [-0.3, -0.25) is 14.4 Å². The topological polar surface area (TPSA) is 137 Å². The Labute approximate surface area is 253 Å². The van der Waals surface area contributed by atoms with E-state index in [1.54, 1.807) is 43.5 Å². The smallest absolute Gasteiger partial charge is 0.329 e. The van der Waals surface area contributed by atoms with Gasteiger partial charge in [-0.15, -0.1) is 0 Å². The minimum atomic E-state index is -0.947. The van der Waals surface area contributed by atoms with Gasteiger partial charge in [-0.2, -0.15) is 5.10 Å². The van der Waals surface area contributed by atoms with E-state index in [4.69, 9.17) is 42.1 Å². The van der Waals surface area contributed by atoms with E-state index >= 15 is 0 Å². The second-order valence-corrected chi connectivity index (χ2v) is 9.57. The van der Waals surface area contributed by atoms with Crippen molar-refractivity contribution in [2.45, 2.75) is 13.3 Å². The van der Waals surface area contributed by atoms with Gasteiger partial charge in [0.15, 0.2) is 29.6 Å². The van der Waals surface area contributed by atoms with Crippen LogP contribution in [0.4, 0.5) is 5.69 Å². The molecule has 3 aromatic carbocycles. The lowest BCUT2D eigenvalue weighted by Gasteiger charge is -2.14. The number of ether oxygens (including phenoxy) is 4. The molecule has 222 valence electrons. The van der Waals surface area contributed by atoms with E-state index in [1.807, 2.05) is 13.0 Å². The van der Waals surface area contributed by atoms with Gasteiger partial charge in [-0.05, 0) is 66.4 Å². The zero-order chi connectivity index (χ0) is 30.6. The van der Waals surface area contributed by atoms with Gasteiger partial charge in [-0.1, -0.05) is 35.3 Å².